The quantitative estimate of drug-likeness (QED) is 0.500. The molecule has 2 aliphatic rings. The van der Waals surface area contributed by atoms with Crippen molar-refractivity contribution < 1.29 is 9.39 Å². The Morgan fingerprint density at radius 3 is 2.45 bits per heavy atom. The fourth-order valence-corrected chi connectivity index (χ4v) is 5.23. The first-order valence-electron chi connectivity index (χ1n) is 10.5. The summed E-state index contributed by atoms with van der Waals surface area (Å²) in [6, 6.07) is 13.3. The van der Waals surface area contributed by atoms with Crippen LogP contribution in [0.5, 0.6) is 0 Å². The van der Waals surface area contributed by atoms with Gasteiger partial charge in [-0.1, -0.05) is 58.2 Å². The number of rotatable bonds is 4. The van der Waals surface area contributed by atoms with E-state index < -0.39 is 0 Å². The van der Waals surface area contributed by atoms with Gasteiger partial charge in [0.1, 0.15) is 18.8 Å². The van der Waals surface area contributed by atoms with Gasteiger partial charge in [0.25, 0.3) is 0 Å². The Kier molecular flexibility index (Phi) is 6.63. The molecule has 0 aromatic heterocycles. The van der Waals surface area contributed by atoms with Crippen LogP contribution in [0, 0.1) is 5.92 Å². The molecule has 2 unspecified atom stereocenters. The third-order valence-corrected chi connectivity index (χ3v) is 7.23. The van der Waals surface area contributed by atoms with Gasteiger partial charge < -0.3 is 0 Å². The number of carbonyl (C=O) groups is 1. The predicted octanol–water partition coefficient (Wildman–Crippen LogP) is 5.97. The number of halogens is 3. The van der Waals surface area contributed by atoms with Crippen LogP contribution in [0.25, 0.3) is 0 Å². The molecular formula is C23H26BrCl2N4O+. The highest BCUT2D eigenvalue weighted by molar-refractivity contribution is 9.10. The number of hydrogen-bond donors (Lipinski definition) is 1. The third kappa shape index (κ3) is 4.77. The second kappa shape index (κ2) is 9.10. The van der Waals surface area contributed by atoms with Crippen molar-refractivity contribution in [1.82, 2.24) is 5.43 Å². The molecule has 2 aromatic rings. The number of anilines is 1. The van der Waals surface area contributed by atoms with Crippen molar-refractivity contribution in [1.29, 1.82) is 0 Å². The van der Waals surface area contributed by atoms with E-state index in [2.05, 4.69) is 40.5 Å². The summed E-state index contributed by atoms with van der Waals surface area (Å²) < 4.78 is 1.55. The van der Waals surface area contributed by atoms with Gasteiger partial charge in [0, 0.05) is 15.4 Å². The van der Waals surface area contributed by atoms with E-state index >= 15 is 0 Å². The highest BCUT2D eigenvalue weighted by atomic mass is 79.9. The van der Waals surface area contributed by atoms with Crippen LogP contribution in [-0.4, -0.2) is 36.3 Å². The maximum atomic E-state index is 13.3. The van der Waals surface area contributed by atoms with Gasteiger partial charge in [-0.25, -0.2) is 4.59 Å². The van der Waals surface area contributed by atoms with Crippen LogP contribution < -0.4 is 10.4 Å². The van der Waals surface area contributed by atoms with Gasteiger partial charge in [-0.3, -0.25) is 9.80 Å². The second-order valence-electron chi connectivity index (χ2n) is 8.56. The molecule has 1 N–H and O–H groups in total. The van der Waals surface area contributed by atoms with E-state index in [0.717, 1.165) is 41.7 Å². The molecule has 2 atom stereocenters. The lowest BCUT2D eigenvalue weighted by Crippen LogP contribution is -2.61. The molecule has 0 spiro atoms. The predicted molar refractivity (Wildman–Crippen MR) is 130 cm³/mol. The molecule has 31 heavy (non-hydrogen) atoms. The average Bonchev–Trinajstić information content (AvgIpc) is 3.06. The lowest BCUT2D eigenvalue weighted by Gasteiger charge is -2.36. The minimum Gasteiger partial charge on any atom is -0.263 e. The number of carbonyl (C=O) groups excluding carboxylic acids is 1. The summed E-state index contributed by atoms with van der Waals surface area (Å²) in [7, 11) is 2.08. The number of piperidine rings is 1. The van der Waals surface area contributed by atoms with Crippen molar-refractivity contribution in [2.75, 3.05) is 25.1 Å². The van der Waals surface area contributed by atoms with Crippen molar-refractivity contribution >= 4 is 56.4 Å². The molecule has 2 heterocycles. The molecule has 0 radical (unpaired) electrons. The van der Waals surface area contributed by atoms with Gasteiger partial charge in [-0.15, -0.1) is 0 Å². The van der Waals surface area contributed by atoms with E-state index in [4.69, 9.17) is 28.3 Å². The van der Waals surface area contributed by atoms with E-state index in [9.17, 15) is 4.79 Å². The zero-order valence-electron chi connectivity index (χ0n) is 17.6. The number of hydrogen-bond acceptors (Lipinski definition) is 3. The lowest BCUT2D eigenvalue weighted by molar-refractivity contribution is -0.947. The second-order valence-corrected chi connectivity index (χ2v) is 10.3. The normalized spacial score (nSPS) is 22.9. The Bertz CT molecular complexity index is 1010. The Balaban J connectivity index is 1.70. The topological polar surface area (TPSA) is 44.7 Å². The third-order valence-electron chi connectivity index (χ3n) is 6.16. The van der Waals surface area contributed by atoms with Crippen LogP contribution in [0.15, 0.2) is 52.0 Å². The van der Waals surface area contributed by atoms with Crippen molar-refractivity contribution in [3.63, 3.8) is 0 Å². The fourth-order valence-electron chi connectivity index (χ4n) is 4.47. The standard InChI is InChI=1S/C23H25BrCl2N4O/c1-15-21(23(31)28-30(2)12-4-3-5-13-30)27-29(20-11-10-18(25)14-19(20)26)22(15)16-6-8-17(24)9-7-16/h6-11,14-15,22H,3-5,12-13H2,1-2H3/p+1. The van der Waals surface area contributed by atoms with Crippen LogP contribution >= 0.6 is 39.1 Å². The Hall–Kier alpha value is -1.60. The summed E-state index contributed by atoms with van der Waals surface area (Å²) in [5.74, 6) is -0.240. The minimum absolute atomic E-state index is 0.119. The van der Waals surface area contributed by atoms with Crippen LogP contribution in [0.2, 0.25) is 10.0 Å². The van der Waals surface area contributed by atoms with Gasteiger partial charge in [0.15, 0.2) is 0 Å². The van der Waals surface area contributed by atoms with E-state index in [-0.39, 0.29) is 17.9 Å². The number of nitrogens with zero attached hydrogens (tertiary/aromatic N) is 3. The molecule has 0 saturated carbocycles. The first-order chi connectivity index (χ1) is 14.8. The molecule has 0 bridgehead atoms. The molecule has 164 valence electrons. The van der Waals surface area contributed by atoms with E-state index in [0.29, 0.717) is 20.3 Å². The maximum Gasteiger partial charge on any atom is 0.312 e. The molecule has 2 aliphatic heterocycles. The number of hydrazone groups is 1. The van der Waals surface area contributed by atoms with Crippen molar-refractivity contribution in [3.8, 4) is 0 Å². The lowest BCUT2D eigenvalue weighted by atomic mass is 9.91. The van der Waals surface area contributed by atoms with Crippen LogP contribution in [0.3, 0.4) is 0 Å². The van der Waals surface area contributed by atoms with Gasteiger partial charge in [-0.2, -0.15) is 10.5 Å². The van der Waals surface area contributed by atoms with Crippen molar-refractivity contribution in [3.05, 3.63) is 62.5 Å². The maximum absolute atomic E-state index is 13.3. The van der Waals surface area contributed by atoms with Crippen molar-refractivity contribution in [2.24, 2.45) is 11.0 Å². The summed E-state index contributed by atoms with van der Waals surface area (Å²) in [6.45, 7) is 3.93. The van der Waals surface area contributed by atoms with E-state index in [1.807, 2.05) is 30.1 Å². The van der Waals surface area contributed by atoms with Gasteiger partial charge in [0.2, 0.25) is 0 Å². The Morgan fingerprint density at radius 1 is 1.13 bits per heavy atom. The fraction of sp³-hybridized carbons (Fsp3) is 0.391. The van der Waals surface area contributed by atoms with Crippen LogP contribution in [-0.2, 0) is 4.79 Å². The zero-order valence-corrected chi connectivity index (χ0v) is 20.7. The number of benzene rings is 2. The smallest absolute Gasteiger partial charge is 0.263 e. The molecule has 2 aromatic carbocycles. The molecule has 1 saturated heterocycles. The van der Waals surface area contributed by atoms with Crippen molar-refractivity contribution in [2.45, 2.75) is 32.2 Å². The highest BCUT2D eigenvalue weighted by Gasteiger charge is 2.42. The SMILES string of the molecule is CC1C(C(=O)N[N+]2(C)CCCCC2)=NN(c2ccc(Cl)cc2Cl)C1c1ccc(Br)cc1. The van der Waals surface area contributed by atoms with Gasteiger partial charge in [-0.05, 0) is 55.2 Å². The molecule has 5 nitrogen and oxygen atoms in total. The number of amides is 1. The molecular weight excluding hydrogens is 499 g/mol. The summed E-state index contributed by atoms with van der Waals surface area (Å²) >= 11 is 16.2. The largest absolute Gasteiger partial charge is 0.312 e. The van der Waals surface area contributed by atoms with Crippen LogP contribution in [0.4, 0.5) is 5.69 Å². The Labute approximate surface area is 201 Å². The zero-order chi connectivity index (χ0) is 22.2. The minimum atomic E-state index is -0.154. The summed E-state index contributed by atoms with van der Waals surface area (Å²) in [5.41, 5.74) is 5.53. The van der Waals surface area contributed by atoms with Crippen LogP contribution in [0.1, 0.15) is 37.8 Å². The van der Waals surface area contributed by atoms with Gasteiger partial charge in [0.05, 0.1) is 23.8 Å². The number of quaternary nitrogens is 1. The Morgan fingerprint density at radius 2 is 1.81 bits per heavy atom. The molecule has 1 fully saturated rings. The summed E-state index contributed by atoms with van der Waals surface area (Å²) in [4.78, 5) is 13.3. The van der Waals surface area contributed by atoms with Gasteiger partial charge >= 0.3 is 5.91 Å². The molecule has 8 heteroatoms. The summed E-state index contributed by atoms with van der Waals surface area (Å²) in [5, 5.41) is 7.72. The molecule has 4 rings (SSSR count). The first kappa shape index (κ1) is 22.6. The number of likely N-dealkylation sites (tertiary alicyclic amines) is 1. The van der Waals surface area contributed by atoms with E-state index in [1.165, 1.54) is 6.42 Å². The summed E-state index contributed by atoms with van der Waals surface area (Å²) in [6.07, 6.45) is 3.45. The van der Waals surface area contributed by atoms with E-state index in [1.54, 1.807) is 12.1 Å². The monoisotopic (exact) mass is 523 g/mol. The molecule has 1 amide bonds. The number of nitrogens with one attached hydrogen (secondary N) is 1. The average molecular weight is 525 g/mol. The first-order valence-corrected chi connectivity index (χ1v) is 12.1. The molecule has 0 aliphatic carbocycles. The highest BCUT2D eigenvalue weighted by Crippen LogP contribution is 2.42.